The van der Waals surface area contributed by atoms with Gasteiger partial charge in [-0.3, -0.25) is 14.7 Å². The number of hydrogen-bond donors (Lipinski definition) is 1. The van der Waals surface area contributed by atoms with Crippen LogP contribution in [0.2, 0.25) is 0 Å². The van der Waals surface area contributed by atoms with Gasteiger partial charge in [0.2, 0.25) is 5.91 Å². The third-order valence-electron chi connectivity index (χ3n) is 6.00. The molecule has 1 N–H and O–H groups in total. The quantitative estimate of drug-likeness (QED) is 0.577. The SMILES string of the molecule is CN=C(NCCc1ccc(OC)cc1)N1CCN(C(C)C(=O)N2CCCC2)CC1. The molecule has 1 atom stereocenters. The van der Waals surface area contributed by atoms with Crippen LogP contribution in [0.25, 0.3) is 0 Å². The molecule has 2 aliphatic rings. The van der Waals surface area contributed by atoms with E-state index in [1.807, 2.05) is 24.1 Å². The van der Waals surface area contributed by atoms with Crippen LogP contribution in [0.15, 0.2) is 29.3 Å². The van der Waals surface area contributed by atoms with Crippen LogP contribution in [0.3, 0.4) is 0 Å². The Labute approximate surface area is 174 Å². The van der Waals surface area contributed by atoms with Crippen molar-refractivity contribution in [1.29, 1.82) is 0 Å². The lowest BCUT2D eigenvalue weighted by molar-refractivity contribution is -0.135. The molecule has 0 aliphatic carbocycles. The van der Waals surface area contributed by atoms with E-state index in [4.69, 9.17) is 4.74 Å². The van der Waals surface area contributed by atoms with Gasteiger partial charge in [-0.2, -0.15) is 0 Å². The van der Waals surface area contributed by atoms with E-state index in [0.29, 0.717) is 0 Å². The maximum atomic E-state index is 12.7. The fraction of sp³-hybridized carbons (Fsp3) is 0.636. The molecule has 1 amide bonds. The summed E-state index contributed by atoms with van der Waals surface area (Å²) in [6.07, 6.45) is 3.22. The van der Waals surface area contributed by atoms with E-state index in [1.54, 1.807) is 7.11 Å². The number of guanidine groups is 1. The third-order valence-corrected chi connectivity index (χ3v) is 6.00. The van der Waals surface area contributed by atoms with Gasteiger partial charge in [-0.1, -0.05) is 12.1 Å². The molecule has 29 heavy (non-hydrogen) atoms. The molecule has 1 aromatic carbocycles. The highest BCUT2D eigenvalue weighted by Crippen LogP contribution is 2.14. The Balaban J connectivity index is 1.42. The lowest BCUT2D eigenvalue weighted by atomic mass is 10.1. The second kappa shape index (κ2) is 10.5. The summed E-state index contributed by atoms with van der Waals surface area (Å²) in [5.41, 5.74) is 1.27. The first kappa shape index (κ1) is 21.4. The van der Waals surface area contributed by atoms with Crippen LogP contribution in [0.5, 0.6) is 5.75 Å². The van der Waals surface area contributed by atoms with Crippen LogP contribution in [0, 0.1) is 0 Å². The van der Waals surface area contributed by atoms with E-state index in [2.05, 4.69) is 39.2 Å². The van der Waals surface area contributed by atoms with E-state index in [1.165, 1.54) is 5.56 Å². The number of likely N-dealkylation sites (tertiary alicyclic amines) is 1. The number of nitrogens with zero attached hydrogens (tertiary/aromatic N) is 4. The smallest absolute Gasteiger partial charge is 0.239 e. The minimum Gasteiger partial charge on any atom is -0.497 e. The summed E-state index contributed by atoms with van der Waals surface area (Å²) in [6.45, 7) is 8.29. The van der Waals surface area contributed by atoms with Crippen LogP contribution < -0.4 is 10.1 Å². The number of amides is 1. The number of piperazine rings is 1. The van der Waals surface area contributed by atoms with Crippen molar-refractivity contribution in [3.8, 4) is 5.75 Å². The van der Waals surface area contributed by atoms with Crippen LogP contribution in [-0.2, 0) is 11.2 Å². The molecule has 1 aromatic rings. The molecule has 0 aromatic heterocycles. The fourth-order valence-corrected chi connectivity index (χ4v) is 4.12. The van der Waals surface area contributed by atoms with Crippen LogP contribution in [0.4, 0.5) is 0 Å². The van der Waals surface area contributed by atoms with Gasteiger partial charge in [0, 0.05) is 52.9 Å². The standard InChI is InChI=1S/C22H35N5O2/c1-18(21(28)26-12-4-5-13-26)25-14-16-27(17-15-25)22(23-2)24-11-10-19-6-8-20(29-3)9-7-19/h6-9,18H,4-5,10-17H2,1-3H3,(H,23,24). The van der Waals surface area contributed by atoms with Crippen molar-refractivity contribution in [2.24, 2.45) is 4.99 Å². The van der Waals surface area contributed by atoms with Gasteiger partial charge in [-0.05, 0) is 43.9 Å². The van der Waals surface area contributed by atoms with Gasteiger partial charge in [0.05, 0.1) is 13.2 Å². The first-order valence-electron chi connectivity index (χ1n) is 10.7. The Morgan fingerprint density at radius 1 is 1.07 bits per heavy atom. The number of benzene rings is 1. The van der Waals surface area contributed by atoms with Crippen molar-refractivity contribution < 1.29 is 9.53 Å². The van der Waals surface area contributed by atoms with E-state index in [0.717, 1.165) is 76.8 Å². The van der Waals surface area contributed by atoms with E-state index < -0.39 is 0 Å². The van der Waals surface area contributed by atoms with Gasteiger partial charge >= 0.3 is 0 Å². The number of hydrogen-bond acceptors (Lipinski definition) is 4. The van der Waals surface area contributed by atoms with Crippen molar-refractivity contribution in [3.05, 3.63) is 29.8 Å². The molecule has 0 saturated carbocycles. The zero-order chi connectivity index (χ0) is 20.6. The largest absolute Gasteiger partial charge is 0.497 e. The molecular formula is C22H35N5O2. The van der Waals surface area contributed by atoms with Gasteiger partial charge in [-0.25, -0.2) is 0 Å². The van der Waals surface area contributed by atoms with Gasteiger partial charge < -0.3 is 19.9 Å². The molecule has 2 heterocycles. The van der Waals surface area contributed by atoms with Gasteiger partial charge in [0.25, 0.3) is 0 Å². The highest BCUT2D eigenvalue weighted by atomic mass is 16.5. The van der Waals surface area contributed by atoms with E-state index in [9.17, 15) is 4.79 Å². The average Bonchev–Trinajstić information content (AvgIpc) is 3.31. The Morgan fingerprint density at radius 3 is 2.31 bits per heavy atom. The topological polar surface area (TPSA) is 60.4 Å². The second-order valence-electron chi connectivity index (χ2n) is 7.80. The van der Waals surface area contributed by atoms with Crippen molar-refractivity contribution in [2.75, 3.05) is 60.0 Å². The Morgan fingerprint density at radius 2 is 1.72 bits per heavy atom. The zero-order valence-electron chi connectivity index (χ0n) is 18.1. The second-order valence-corrected chi connectivity index (χ2v) is 7.80. The normalized spacial score (nSPS) is 19.3. The maximum Gasteiger partial charge on any atom is 0.239 e. The fourth-order valence-electron chi connectivity index (χ4n) is 4.12. The summed E-state index contributed by atoms with van der Waals surface area (Å²) < 4.78 is 5.21. The van der Waals surface area contributed by atoms with Gasteiger partial charge in [-0.15, -0.1) is 0 Å². The summed E-state index contributed by atoms with van der Waals surface area (Å²) in [5.74, 6) is 2.11. The Hall–Kier alpha value is -2.28. The molecule has 1 unspecified atom stereocenters. The van der Waals surface area contributed by atoms with Crippen LogP contribution in [0.1, 0.15) is 25.3 Å². The number of ether oxygens (including phenoxy) is 1. The van der Waals surface area contributed by atoms with Crippen LogP contribution >= 0.6 is 0 Å². The number of carbonyl (C=O) groups is 1. The van der Waals surface area contributed by atoms with Gasteiger partial charge in [0.15, 0.2) is 5.96 Å². The molecule has 7 nitrogen and oxygen atoms in total. The number of methoxy groups -OCH3 is 1. The Bertz CT molecular complexity index is 677. The monoisotopic (exact) mass is 401 g/mol. The number of carbonyl (C=O) groups excluding carboxylic acids is 1. The zero-order valence-corrected chi connectivity index (χ0v) is 18.1. The number of aliphatic imine (C=N–C) groups is 1. The lowest BCUT2D eigenvalue weighted by Crippen LogP contribution is -2.57. The predicted octanol–water partition coefficient (Wildman–Crippen LogP) is 1.44. The first-order valence-corrected chi connectivity index (χ1v) is 10.7. The maximum absolute atomic E-state index is 12.7. The molecular weight excluding hydrogens is 366 g/mol. The minimum absolute atomic E-state index is 0.0275. The summed E-state index contributed by atoms with van der Waals surface area (Å²) in [6, 6.07) is 8.16. The predicted molar refractivity (Wildman–Crippen MR) is 116 cm³/mol. The highest BCUT2D eigenvalue weighted by molar-refractivity contribution is 5.82. The molecule has 2 saturated heterocycles. The van der Waals surface area contributed by atoms with Crippen molar-refractivity contribution in [1.82, 2.24) is 20.0 Å². The highest BCUT2D eigenvalue weighted by Gasteiger charge is 2.30. The van der Waals surface area contributed by atoms with Gasteiger partial charge in [0.1, 0.15) is 5.75 Å². The third kappa shape index (κ3) is 5.63. The molecule has 0 radical (unpaired) electrons. The lowest BCUT2D eigenvalue weighted by Gasteiger charge is -2.39. The molecule has 7 heteroatoms. The molecule has 3 rings (SSSR count). The summed E-state index contributed by atoms with van der Waals surface area (Å²) >= 11 is 0. The average molecular weight is 402 g/mol. The molecule has 0 spiro atoms. The summed E-state index contributed by atoms with van der Waals surface area (Å²) in [7, 11) is 3.52. The van der Waals surface area contributed by atoms with E-state index in [-0.39, 0.29) is 11.9 Å². The van der Waals surface area contributed by atoms with Crippen molar-refractivity contribution in [2.45, 2.75) is 32.2 Å². The molecule has 160 valence electrons. The molecule has 0 bridgehead atoms. The summed E-state index contributed by atoms with van der Waals surface area (Å²) in [4.78, 5) is 23.7. The van der Waals surface area contributed by atoms with E-state index >= 15 is 0 Å². The Kier molecular flexibility index (Phi) is 7.75. The number of nitrogens with one attached hydrogen (secondary N) is 1. The molecule has 2 aliphatic heterocycles. The number of rotatable bonds is 6. The van der Waals surface area contributed by atoms with Crippen molar-refractivity contribution in [3.63, 3.8) is 0 Å². The molecule has 2 fully saturated rings. The first-order chi connectivity index (χ1) is 14.1. The van der Waals surface area contributed by atoms with Crippen LogP contribution in [-0.4, -0.2) is 92.6 Å². The minimum atomic E-state index is -0.0275. The summed E-state index contributed by atoms with van der Waals surface area (Å²) in [5, 5.41) is 3.48. The van der Waals surface area contributed by atoms with Crippen molar-refractivity contribution >= 4 is 11.9 Å².